The Morgan fingerprint density at radius 1 is 1.38 bits per heavy atom. The van der Waals surface area contributed by atoms with Gasteiger partial charge >= 0.3 is 5.97 Å². The highest BCUT2D eigenvalue weighted by molar-refractivity contribution is 5.75. The van der Waals surface area contributed by atoms with Gasteiger partial charge < -0.3 is 19.7 Å². The summed E-state index contributed by atoms with van der Waals surface area (Å²) in [6.45, 7) is 6.08. The van der Waals surface area contributed by atoms with Gasteiger partial charge in [-0.1, -0.05) is 13.8 Å². The third-order valence-electron chi connectivity index (χ3n) is 2.19. The summed E-state index contributed by atoms with van der Waals surface area (Å²) in [7, 11) is 5.03. The van der Waals surface area contributed by atoms with Crippen molar-refractivity contribution in [3.63, 3.8) is 0 Å². The van der Waals surface area contributed by atoms with Gasteiger partial charge in [0.25, 0.3) is 0 Å². The quantitative estimate of drug-likeness (QED) is 0.602. The Labute approximate surface area is 98.1 Å². The zero-order valence-electron chi connectivity index (χ0n) is 10.9. The summed E-state index contributed by atoms with van der Waals surface area (Å²) in [5, 5.41) is 3.18. The fourth-order valence-electron chi connectivity index (χ4n) is 1.39. The van der Waals surface area contributed by atoms with Crippen molar-refractivity contribution in [3.05, 3.63) is 0 Å². The molecule has 0 heterocycles. The maximum atomic E-state index is 11.5. The van der Waals surface area contributed by atoms with Gasteiger partial charge in [-0.05, 0) is 7.05 Å². The maximum absolute atomic E-state index is 11.5. The van der Waals surface area contributed by atoms with Crippen molar-refractivity contribution in [1.29, 1.82) is 0 Å². The fourth-order valence-corrected chi connectivity index (χ4v) is 1.39. The fraction of sp³-hybridized carbons (Fsp3) is 0.909. The standard InChI is InChI=1S/C11H24N2O3/c1-9(2)12-10(11(14)16-5)8-13(3)6-7-15-4/h9-10,12H,6-8H2,1-5H3. The Morgan fingerprint density at radius 2 is 2.00 bits per heavy atom. The summed E-state index contributed by atoms with van der Waals surface area (Å²) in [5.74, 6) is -0.224. The highest BCUT2D eigenvalue weighted by Gasteiger charge is 2.21. The van der Waals surface area contributed by atoms with Crippen molar-refractivity contribution in [1.82, 2.24) is 10.2 Å². The van der Waals surface area contributed by atoms with Crippen LogP contribution in [-0.4, -0.2) is 63.9 Å². The van der Waals surface area contributed by atoms with Gasteiger partial charge in [0.2, 0.25) is 0 Å². The molecule has 5 heteroatoms. The Bertz CT molecular complexity index is 198. The van der Waals surface area contributed by atoms with E-state index in [1.807, 2.05) is 25.8 Å². The van der Waals surface area contributed by atoms with Crippen molar-refractivity contribution in [2.24, 2.45) is 0 Å². The molecular weight excluding hydrogens is 208 g/mol. The zero-order chi connectivity index (χ0) is 12.6. The van der Waals surface area contributed by atoms with E-state index >= 15 is 0 Å². The molecule has 0 aromatic rings. The first-order chi connectivity index (χ1) is 7.51. The molecule has 0 amide bonds. The van der Waals surface area contributed by atoms with Crippen molar-refractivity contribution in [2.45, 2.75) is 25.9 Å². The van der Waals surface area contributed by atoms with Crippen molar-refractivity contribution < 1.29 is 14.3 Å². The molecule has 0 aliphatic heterocycles. The number of nitrogens with one attached hydrogen (secondary N) is 1. The zero-order valence-corrected chi connectivity index (χ0v) is 10.9. The maximum Gasteiger partial charge on any atom is 0.324 e. The lowest BCUT2D eigenvalue weighted by atomic mass is 10.2. The van der Waals surface area contributed by atoms with E-state index in [1.165, 1.54) is 7.11 Å². The van der Waals surface area contributed by atoms with Gasteiger partial charge in [-0.2, -0.15) is 0 Å². The van der Waals surface area contributed by atoms with Crippen LogP contribution in [0.15, 0.2) is 0 Å². The molecular formula is C11H24N2O3. The van der Waals surface area contributed by atoms with E-state index < -0.39 is 0 Å². The molecule has 1 unspecified atom stereocenters. The number of nitrogens with zero attached hydrogens (tertiary/aromatic N) is 1. The molecule has 16 heavy (non-hydrogen) atoms. The van der Waals surface area contributed by atoms with Crippen molar-refractivity contribution in [3.8, 4) is 0 Å². The van der Waals surface area contributed by atoms with E-state index in [1.54, 1.807) is 7.11 Å². The van der Waals surface area contributed by atoms with Gasteiger partial charge in [-0.3, -0.25) is 4.79 Å². The average Bonchev–Trinajstić information content (AvgIpc) is 2.23. The molecule has 1 N–H and O–H groups in total. The lowest BCUT2D eigenvalue weighted by molar-refractivity contribution is -0.143. The molecule has 0 saturated carbocycles. The molecule has 96 valence electrons. The lowest BCUT2D eigenvalue weighted by Crippen LogP contribution is -2.48. The molecule has 0 aliphatic rings. The third-order valence-corrected chi connectivity index (χ3v) is 2.19. The molecule has 0 saturated heterocycles. The number of hydrogen-bond acceptors (Lipinski definition) is 5. The van der Waals surface area contributed by atoms with E-state index in [-0.39, 0.29) is 18.1 Å². The Balaban J connectivity index is 4.14. The van der Waals surface area contributed by atoms with Crippen LogP contribution >= 0.6 is 0 Å². The number of esters is 1. The summed E-state index contributed by atoms with van der Waals surface area (Å²) in [6.07, 6.45) is 0. The number of methoxy groups -OCH3 is 2. The van der Waals surface area contributed by atoms with Crippen LogP contribution in [0.1, 0.15) is 13.8 Å². The molecule has 0 spiro atoms. The van der Waals surface area contributed by atoms with Crippen LogP contribution < -0.4 is 5.32 Å². The molecule has 0 aromatic heterocycles. The average molecular weight is 232 g/mol. The second kappa shape index (κ2) is 8.50. The molecule has 0 bridgehead atoms. The number of hydrogen-bond donors (Lipinski definition) is 1. The van der Waals surface area contributed by atoms with Crippen LogP contribution in [0.25, 0.3) is 0 Å². The van der Waals surface area contributed by atoms with Crippen LogP contribution in [0.3, 0.4) is 0 Å². The molecule has 0 aromatic carbocycles. The van der Waals surface area contributed by atoms with E-state index in [9.17, 15) is 4.79 Å². The van der Waals surface area contributed by atoms with Gasteiger partial charge in [0, 0.05) is 26.2 Å². The molecule has 1 atom stereocenters. The molecule has 0 radical (unpaired) electrons. The first kappa shape index (κ1) is 15.3. The van der Waals surface area contributed by atoms with E-state index in [0.29, 0.717) is 13.2 Å². The second-order valence-electron chi connectivity index (χ2n) is 4.15. The van der Waals surface area contributed by atoms with Crippen LogP contribution in [-0.2, 0) is 14.3 Å². The number of carbonyl (C=O) groups excluding carboxylic acids is 1. The van der Waals surface area contributed by atoms with Gasteiger partial charge in [0.15, 0.2) is 0 Å². The SMILES string of the molecule is COCCN(C)CC(NC(C)C)C(=O)OC. The largest absolute Gasteiger partial charge is 0.468 e. The number of ether oxygens (including phenoxy) is 2. The highest BCUT2D eigenvalue weighted by atomic mass is 16.5. The van der Waals surface area contributed by atoms with Crippen LogP contribution in [0, 0.1) is 0 Å². The number of rotatable bonds is 8. The third kappa shape index (κ3) is 6.76. The van der Waals surface area contributed by atoms with Crippen LogP contribution in [0.5, 0.6) is 0 Å². The van der Waals surface area contributed by atoms with E-state index in [2.05, 4.69) is 5.32 Å². The molecule has 0 rings (SSSR count). The highest BCUT2D eigenvalue weighted by Crippen LogP contribution is 1.95. The minimum Gasteiger partial charge on any atom is -0.468 e. The molecule has 0 fully saturated rings. The minimum absolute atomic E-state index is 0.224. The predicted molar refractivity (Wildman–Crippen MR) is 63.4 cm³/mol. The Hall–Kier alpha value is -0.650. The Morgan fingerprint density at radius 3 is 2.44 bits per heavy atom. The van der Waals surface area contributed by atoms with Crippen molar-refractivity contribution in [2.75, 3.05) is 41.0 Å². The smallest absolute Gasteiger partial charge is 0.324 e. The van der Waals surface area contributed by atoms with Gasteiger partial charge in [0.05, 0.1) is 13.7 Å². The van der Waals surface area contributed by atoms with Crippen LogP contribution in [0.2, 0.25) is 0 Å². The Kier molecular flexibility index (Phi) is 8.15. The van der Waals surface area contributed by atoms with Crippen molar-refractivity contribution >= 4 is 5.97 Å². The van der Waals surface area contributed by atoms with Crippen LogP contribution in [0.4, 0.5) is 0 Å². The van der Waals surface area contributed by atoms with Gasteiger partial charge in [0.1, 0.15) is 6.04 Å². The first-order valence-electron chi connectivity index (χ1n) is 5.52. The van der Waals surface area contributed by atoms with E-state index in [4.69, 9.17) is 9.47 Å². The summed E-state index contributed by atoms with van der Waals surface area (Å²) < 4.78 is 9.74. The van der Waals surface area contributed by atoms with Gasteiger partial charge in [-0.15, -0.1) is 0 Å². The lowest BCUT2D eigenvalue weighted by Gasteiger charge is -2.24. The number of likely N-dealkylation sites (N-methyl/N-ethyl adjacent to an activating group) is 1. The normalized spacial score (nSPS) is 13.2. The van der Waals surface area contributed by atoms with E-state index in [0.717, 1.165) is 6.54 Å². The second-order valence-corrected chi connectivity index (χ2v) is 4.15. The molecule has 5 nitrogen and oxygen atoms in total. The number of carbonyl (C=O) groups is 1. The van der Waals surface area contributed by atoms with Gasteiger partial charge in [-0.25, -0.2) is 0 Å². The topological polar surface area (TPSA) is 50.8 Å². The summed E-state index contributed by atoms with van der Waals surface area (Å²) >= 11 is 0. The summed E-state index contributed by atoms with van der Waals surface area (Å²) in [6, 6.07) is -0.0354. The molecule has 0 aliphatic carbocycles. The monoisotopic (exact) mass is 232 g/mol. The minimum atomic E-state index is -0.285. The summed E-state index contributed by atoms with van der Waals surface area (Å²) in [5.41, 5.74) is 0. The predicted octanol–water partition coefficient (Wildman–Crippen LogP) is 0.104. The first-order valence-corrected chi connectivity index (χ1v) is 5.52. The summed E-state index contributed by atoms with van der Waals surface area (Å²) in [4.78, 5) is 13.6.